The van der Waals surface area contributed by atoms with Gasteiger partial charge in [-0.05, 0) is 23.8 Å². The second kappa shape index (κ2) is 8.99. The van der Waals surface area contributed by atoms with Crippen molar-refractivity contribution in [1.29, 1.82) is 0 Å². The number of nitrogens with zero attached hydrogens (tertiary/aromatic N) is 1. The summed E-state index contributed by atoms with van der Waals surface area (Å²) in [6.45, 7) is 0.544. The largest absolute Gasteiger partial charge is 0.457 e. The van der Waals surface area contributed by atoms with Crippen molar-refractivity contribution < 1.29 is 19.1 Å². The Bertz CT molecular complexity index is 865. The number of likely N-dealkylation sites (tertiary alicyclic amines) is 1. The van der Waals surface area contributed by atoms with Crippen molar-refractivity contribution in [3.8, 4) is 0 Å². The van der Waals surface area contributed by atoms with Crippen LogP contribution in [0.15, 0.2) is 66.7 Å². The molecule has 0 spiro atoms. The summed E-state index contributed by atoms with van der Waals surface area (Å²) in [5, 5.41) is 0. The highest BCUT2D eigenvalue weighted by atomic mass is 16.5. The lowest BCUT2D eigenvalue weighted by Gasteiger charge is -2.17. The number of amides is 2. The standard InChI is InChI=1S/C22H22N2O4/c23-20(25)13-18-14-24(21(26)12-11-16-7-3-1-4-8-16)15-19(18)28-22(27)17-9-5-2-6-10-17/h1-12,18-19H,13-15H2,(H2,23,25)/b12-11+/t18-,19+/m0/s1. The van der Waals surface area contributed by atoms with E-state index < -0.39 is 18.0 Å². The molecule has 1 aliphatic heterocycles. The Hall–Kier alpha value is -3.41. The van der Waals surface area contributed by atoms with Crippen molar-refractivity contribution in [2.45, 2.75) is 12.5 Å². The molecular formula is C22H22N2O4. The van der Waals surface area contributed by atoms with Gasteiger partial charge in [-0.2, -0.15) is 0 Å². The number of benzene rings is 2. The van der Waals surface area contributed by atoms with Gasteiger partial charge in [-0.3, -0.25) is 9.59 Å². The van der Waals surface area contributed by atoms with Gasteiger partial charge < -0.3 is 15.4 Å². The average Bonchev–Trinajstić information content (AvgIpc) is 3.09. The Morgan fingerprint density at radius 1 is 1.00 bits per heavy atom. The third-order valence-electron chi connectivity index (χ3n) is 4.64. The minimum atomic E-state index is -0.575. The molecule has 2 aromatic carbocycles. The molecule has 2 N–H and O–H groups in total. The van der Waals surface area contributed by atoms with E-state index in [1.807, 2.05) is 36.4 Å². The third-order valence-corrected chi connectivity index (χ3v) is 4.64. The highest BCUT2D eigenvalue weighted by molar-refractivity contribution is 5.92. The first-order chi connectivity index (χ1) is 13.5. The summed E-state index contributed by atoms with van der Waals surface area (Å²) in [5.74, 6) is -1.48. The number of ether oxygens (including phenoxy) is 1. The van der Waals surface area contributed by atoms with Gasteiger partial charge in [0.1, 0.15) is 6.10 Å². The molecule has 1 saturated heterocycles. The molecule has 0 bridgehead atoms. The lowest BCUT2D eigenvalue weighted by atomic mass is 10.0. The Labute approximate surface area is 163 Å². The molecule has 6 heteroatoms. The van der Waals surface area contributed by atoms with Gasteiger partial charge in [0.05, 0.1) is 12.1 Å². The van der Waals surface area contributed by atoms with E-state index in [1.165, 1.54) is 6.08 Å². The van der Waals surface area contributed by atoms with Crippen LogP contribution < -0.4 is 5.73 Å². The van der Waals surface area contributed by atoms with E-state index in [1.54, 1.807) is 35.2 Å². The van der Waals surface area contributed by atoms with E-state index in [9.17, 15) is 14.4 Å². The number of primary amides is 1. The number of hydrogen-bond acceptors (Lipinski definition) is 4. The average molecular weight is 378 g/mol. The Kier molecular flexibility index (Phi) is 6.22. The van der Waals surface area contributed by atoms with Crippen LogP contribution in [-0.4, -0.2) is 41.9 Å². The molecule has 3 rings (SSSR count). The summed E-state index contributed by atoms with van der Waals surface area (Å²) < 4.78 is 5.59. The van der Waals surface area contributed by atoms with Crippen molar-refractivity contribution in [2.75, 3.05) is 13.1 Å². The maximum Gasteiger partial charge on any atom is 0.338 e. The molecule has 144 valence electrons. The predicted octanol–water partition coefficient (Wildman–Crippen LogP) is 2.26. The van der Waals surface area contributed by atoms with Crippen molar-refractivity contribution in [1.82, 2.24) is 4.90 Å². The molecule has 0 aliphatic carbocycles. The van der Waals surface area contributed by atoms with E-state index in [4.69, 9.17) is 10.5 Å². The molecule has 2 amide bonds. The lowest BCUT2D eigenvalue weighted by Crippen LogP contribution is -2.30. The topological polar surface area (TPSA) is 89.7 Å². The molecule has 2 atom stereocenters. The zero-order valence-electron chi connectivity index (χ0n) is 15.4. The number of nitrogens with two attached hydrogens (primary N) is 1. The SMILES string of the molecule is NC(=O)C[C@H]1CN(C(=O)/C=C/c2ccccc2)C[C@H]1OC(=O)c1ccccc1. The van der Waals surface area contributed by atoms with Crippen LogP contribution in [0.25, 0.3) is 6.08 Å². The van der Waals surface area contributed by atoms with Crippen LogP contribution in [-0.2, 0) is 14.3 Å². The normalized spacial score (nSPS) is 18.9. The monoisotopic (exact) mass is 378 g/mol. The second-order valence-corrected chi connectivity index (χ2v) is 6.73. The van der Waals surface area contributed by atoms with E-state index >= 15 is 0 Å². The molecule has 0 aromatic heterocycles. The van der Waals surface area contributed by atoms with Gasteiger partial charge in [-0.15, -0.1) is 0 Å². The smallest absolute Gasteiger partial charge is 0.338 e. The van der Waals surface area contributed by atoms with Crippen LogP contribution in [0.5, 0.6) is 0 Å². The first kappa shape index (κ1) is 19.4. The van der Waals surface area contributed by atoms with Crippen LogP contribution in [0.4, 0.5) is 0 Å². The van der Waals surface area contributed by atoms with E-state index in [-0.39, 0.29) is 24.8 Å². The molecular weight excluding hydrogens is 356 g/mol. The minimum absolute atomic E-state index is 0.0545. The second-order valence-electron chi connectivity index (χ2n) is 6.73. The fraction of sp³-hybridized carbons (Fsp3) is 0.227. The number of rotatable bonds is 6. The third kappa shape index (κ3) is 5.07. The van der Waals surface area contributed by atoms with Gasteiger partial charge in [0.2, 0.25) is 11.8 Å². The maximum atomic E-state index is 12.5. The molecule has 0 radical (unpaired) electrons. The van der Waals surface area contributed by atoms with Crippen molar-refractivity contribution in [3.05, 3.63) is 77.9 Å². The van der Waals surface area contributed by atoms with Crippen LogP contribution in [0.3, 0.4) is 0 Å². The molecule has 1 fully saturated rings. The van der Waals surface area contributed by atoms with Gasteiger partial charge in [0.25, 0.3) is 0 Å². The summed E-state index contributed by atoms with van der Waals surface area (Å²) in [6.07, 6.45) is 2.69. The Balaban J connectivity index is 1.67. The van der Waals surface area contributed by atoms with E-state index in [2.05, 4.69) is 0 Å². The fourth-order valence-electron chi connectivity index (χ4n) is 3.23. The maximum absolute atomic E-state index is 12.5. The number of hydrogen-bond donors (Lipinski definition) is 1. The Morgan fingerprint density at radius 2 is 1.64 bits per heavy atom. The summed E-state index contributed by atoms with van der Waals surface area (Å²) >= 11 is 0. The number of carbonyl (C=O) groups excluding carboxylic acids is 3. The quantitative estimate of drug-likeness (QED) is 0.617. The van der Waals surface area contributed by atoms with Crippen molar-refractivity contribution in [2.24, 2.45) is 11.7 Å². The zero-order valence-corrected chi connectivity index (χ0v) is 15.4. The molecule has 0 saturated carbocycles. The van der Waals surface area contributed by atoms with Crippen LogP contribution in [0.1, 0.15) is 22.3 Å². The molecule has 28 heavy (non-hydrogen) atoms. The first-order valence-corrected chi connectivity index (χ1v) is 9.09. The number of esters is 1. The van der Waals surface area contributed by atoms with Gasteiger partial charge in [0, 0.05) is 25.0 Å². The number of carbonyl (C=O) groups is 3. The molecule has 1 aliphatic rings. The van der Waals surface area contributed by atoms with Crippen molar-refractivity contribution in [3.63, 3.8) is 0 Å². The predicted molar refractivity (Wildman–Crippen MR) is 105 cm³/mol. The molecule has 0 unspecified atom stereocenters. The van der Waals surface area contributed by atoms with Crippen molar-refractivity contribution >= 4 is 23.9 Å². The summed E-state index contributed by atoms with van der Waals surface area (Å²) in [7, 11) is 0. The summed E-state index contributed by atoms with van der Waals surface area (Å²) in [5.41, 5.74) is 6.67. The highest BCUT2D eigenvalue weighted by Gasteiger charge is 2.38. The minimum Gasteiger partial charge on any atom is -0.457 e. The summed E-state index contributed by atoms with van der Waals surface area (Å²) in [6, 6.07) is 18.1. The molecule has 1 heterocycles. The summed E-state index contributed by atoms with van der Waals surface area (Å²) in [4.78, 5) is 37.9. The van der Waals surface area contributed by atoms with Crippen LogP contribution in [0, 0.1) is 5.92 Å². The van der Waals surface area contributed by atoms with Gasteiger partial charge >= 0.3 is 5.97 Å². The van der Waals surface area contributed by atoms with Crippen LogP contribution >= 0.6 is 0 Å². The lowest BCUT2D eigenvalue weighted by molar-refractivity contribution is -0.125. The highest BCUT2D eigenvalue weighted by Crippen LogP contribution is 2.24. The van der Waals surface area contributed by atoms with E-state index in [0.717, 1.165) is 5.56 Å². The fourth-order valence-corrected chi connectivity index (χ4v) is 3.23. The van der Waals surface area contributed by atoms with E-state index in [0.29, 0.717) is 12.1 Å². The van der Waals surface area contributed by atoms with Gasteiger partial charge in [-0.1, -0.05) is 48.5 Å². The molecule has 6 nitrogen and oxygen atoms in total. The molecule has 2 aromatic rings. The van der Waals surface area contributed by atoms with Gasteiger partial charge in [-0.25, -0.2) is 4.79 Å². The first-order valence-electron chi connectivity index (χ1n) is 9.09. The zero-order chi connectivity index (χ0) is 19.9. The Morgan fingerprint density at radius 3 is 2.29 bits per heavy atom. The van der Waals surface area contributed by atoms with Crippen LogP contribution in [0.2, 0.25) is 0 Å². The van der Waals surface area contributed by atoms with Gasteiger partial charge in [0.15, 0.2) is 0 Å².